The van der Waals surface area contributed by atoms with Gasteiger partial charge in [-0.15, -0.1) is 0 Å². The first kappa shape index (κ1) is 15.7. The molecule has 1 fully saturated rings. The molecule has 1 aromatic carbocycles. The molecule has 2 rings (SSSR count). The summed E-state index contributed by atoms with van der Waals surface area (Å²) in [6.07, 6.45) is 6.00. The first-order chi connectivity index (χ1) is 9.63. The zero-order chi connectivity index (χ0) is 14.5. The van der Waals surface area contributed by atoms with Crippen LogP contribution >= 0.6 is 0 Å². The van der Waals surface area contributed by atoms with Crippen molar-refractivity contribution in [2.45, 2.75) is 69.1 Å². The Bertz CT molecular complexity index is 472. The van der Waals surface area contributed by atoms with E-state index in [0.717, 1.165) is 24.3 Å². The van der Waals surface area contributed by atoms with Crippen LogP contribution in [0.2, 0.25) is 0 Å². The van der Waals surface area contributed by atoms with Gasteiger partial charge in [-0.2, -0.15) is 0 Å². The van der Waals surface area contributed by atoms with Crippen molar-refractivity contribution in [2.75, 3.05) is 6.54 Å². The fourth-order valence-electron chi connectivity index (χ4n) is 3.21. The van der Waals surface area contributed by atoms with Crippen LogP contribution in [0, 0.1) is 13.8 Å². The van der Waals surface area contributed by atoms with Gasteiger partial charge in [0, 0.05) is 10.9 Å². The van der Waals surface area contributed by atoms with Crippen LogP contribution in [0.5, 0.6) is 0 Å². The van der Waals surface area contributed by atoms with Gasteiger partial charge in [-0.3, -0.25) is 4.21 Å². The van der Waals surface area contributed by atoms with E-state index in [9.17, 15) is 4.21 Å². The SMILES string of the molecule is CCNC1CCCCCC1S(=O)c1ccc(C)cc1C. The Balaban J connectivity index is 2.23. The van der Waals surface area contributed by atoms with Crippen LogP contribution in [0.15, 0.2) is 23.1 Å². The fraction of sp³-hybridized carbons (Fsp3) is 0.647. The third-order valence-corrected chi connectivity index (χ3v) is 6.25. The molecular formula is C17H27NOS. The molecule has 0 radical (unpaired) electrons. The molecule has 112 valence electrons. The lowest BCUT2D eigenvalue weighted by molar-refractivity contribution is 0.474. The first-order valence-corrected chi connectivity index (χ1v) is 9.06. The van der Waals surface area contributed by atoms with Gasteiger partial charge in [-0.05, 0) is 44.9 Å². The number of hydrogen-bond donors (Lipinski definition) is 1. The number of nitrogens with one attached hydrogen (secondary N) is 1. The van der Waals surface area contributed by atoms with Crippen LogP contribution in [0.4, 0.5) is 0 Å². The third kappa shape index (κ3) is 3.70. The van der Waals surface area contributed by atoms with Gasteiger partial charge in [0.15, 0.2) is 0 Å². The average Bonchev–Trinajstić information content (AvgIpc) is 2.64. The number of aryl methyl sites for hydroxylation is 2. The van der Waals surface area contributed by atoms with Crippen LogP contribution in [-0.4, -0.2) is 22.0 Å². The molecule has 1 aliphatic carbocycles. The number of benzene rings is 1. The average molecular weight is 293 g/mol. The van der Waals surface area contributed by atoms with Crippen molar-refractivity contribution < 1.29 is 4.21 Å². The fourth-order valence-corrected chi connectivity index (χ4v) is 5.03. The first-order valence-electron chi connectivity index (χ1n) is 7.84. The van der Waals surface area contributed by atoms with Gasteiger partial charge < -0.3 is 5.32 Å². The maximum Gasteiger partial charge on any atom is 0.0579 e. The van der Waals surface area contributed by atoms with Gasteiger partial charge in [0.2, 0.25) is 0 Å². The van der Waals surface area contributed by atoms with E-state index >= 15 is 0 Å². The van der Waals surface area contributed by atoms with Crippen LogP contribution in [-0.2, 0) is 10.8 Å². The predicted molar refractivity (Wildman–Crippen MR) is 86.7 cm³/mol. The summed E-state index contributed by atoms with van der Waals surface area (Å²) in [6, 6.07) is 6.70. The summed E-state index contributed by atoms with van der Waals surface area (Å²) in [5.41, 5.74) is 2.41. The molecule has 3 unspecified atom stereocenters. The topological polar surface area (TPSA) is 29.1 Å². The second-order valence-electron chi connectivity index (χ2n) is 5.91. The van der Waals surface area contributed by atoms with E-state index in [2.05, 4.69) is 44.3 Å². The van der Waals surface area contributed by atoms with Crippen molar-refractivity contribution >= 4 is 10.8 Å². The Kier molecular flexibility index (Phi) is 5.79. The third-order valence-electron chi connectivity index (χ3n) is 4.24. The molecule has 20 heavy (non-hydrogen) atoms. The molecule has 2 nitrogen and oxygen atoms in total. The van der Waals surface area contributed by atoms with Crippen molar-refractivity contribution in [1.82, 2.24) is 5.32 Å². The Morgan fingerprint density at radius 1 is 1.20 bits per heavy atom. The zero-order valence-electron chi connectivity index (χ0n) is 12.9. The molecule has 1 aromatic rings. The van der Waals surface area contributed by atoms with E-state index in [-0.39, 0.29) is 5.25 Å². The number of rotatable bonds is 4. The van der Waals surface area contributed by atoms with Crippen molar-refractivity contribution in [2.24, 2.45) is 0 Å². The molecule has 0 aromatic heterocycles. The summed E-state index contributed by atoms with van der Waals surface area (Å²) >= 11 is 0. The van der Waals surface area contributed by atoms with Crippen molar-refractivity contribution in [3.8, 4) is 0 Å². The van der Waals surface area contributed by atoms with Crippen LogP contribution < -0.4 is 5.32 Å². The summed E-state index contributed by atoms with van der Waals surface area (Å²) in [6.45, 7) is 7.28. The quantitative estimate of drug-likeness (QED) is 0.857. The van der Waals surface area contributed by atoms with Crippen LogP contribution in [0.25, 0.3) is 0 Å². The molecule has 1 aliphatic rings. The van der Waals surface area contributed by atoms with Gasteiger partial charge in [-0.1, -0.05) is 43.9 Å². The molecule has 3 heteroatoms. The highest BCUT2D eigenvalue weighted by atomic mass is 32.2. The van der Waals surface area contributed by atoms with E-state index in [0.29, 0.717) is 6.04 Å². The minimum atomic E-state index is -0.895. The molecule has 0 amide bonds. The summed E-state index contributed by atoms with van der Waals surface area (Å²) in [5.74, 6) is 0. The predicted octanol–water partition coefficient (Wildman–Crippen LogP) is 3.72. The minimum absolute atomic E-state index is 0.263. The Morgan fingerprint density at radius 3 is 2.65 bits per heavy atom. The monoisotopic (exact) mass is 293 g/mol. The number of hydrogen-bond acceptors (Lipinski definition) is 2. The molecule has 0 heterocycles. The molecule has 0 aliphatic heterocycles. The normalized spacial score (nSPS) is 25.1. The van der Waals surface area contributed by atoms with Gasteiger partial charge in [-0.25, -0.2) is 0 Å². The Labute approximate surface area is 125 Å². The second kappa shape index (κ2) is 7.37. The Hall–Kier alpha value is -0.670. The summed E-state index contributed by atoms with van der Waals surface area (Å²) in [5, 5.41) is 3.83. The second-order valence-corrected chi connectivity index (χ2v) is 7.55. The molecule has 0 spiro atoms. The van der Waals surface area contributed by atoms with Gasteiger partial charge in [0.1, 0.15) is 0 Å². The maximum absolute atomic E-state index is 13.0. The van der Waals surface area contributed by atoms with Gasteiger partial charge in [0.05, 0.1) is 16.0 Å². The van der Waals surface area contributed by atoms with Crippen molar-refractivity contribution in [3.63, 3.8) is 0 Å². The molecule has 3 atom stereocenters. The lowest BCUT2D eigenvalue weighted by Crippen LogP contribution is -2.41. The van der Waals surface area contributed by atoms with E-state index in [1.807, 2.05) is 0 Å². The minimum Gasteiger partial charge on any atom is -0.313 e. The van der Waals surface area contributed by atoms with Crippen molar-refractivity contribution in [1.29, 1.82) is 0 Å². The van der Waals surface area contributed by atoms with Crippen LogP contribution in [0.3, 0.4) is 0 Å². The highest BCUT2D eigenvalue weighted by Crippen LogP contribution is 2.27. The summed E-state index contributed by atoms with van der Waals surface area (Å²) < 4.78 is 13.0. The van der Waals surface area contributed by atoms with Crippen molar-refractivity contribution in [3.05, 3.63) is 29.3 Å². The van der Waals surface area contributed by atoms with E-state index in [1.165, 1.54) is 30.4 Å². The summed E-state index contributed by atoms with van der Waals surface area (Å²) in [4.78, 5) is 1.03. The lowest BCUT2D eigenvalue weighted by atomic mass is 10.1. The van der Waals surface area contributed by atoms with Gasteiger partial charge >= 0.3 is 0 Å². The maximum atomic E-state index is 13.0. The standard InChI is InChI=1S/C17H27NOS/c1-4-18-15-8-6-5-7-9-17(15)20(19)16-11-10-13(2)12-14(16)3/h10-12,15,17-18H,4-9H2,1-3H3. The molecular weight excluding hydrogens is 266 g/mol. The van der Waals surface area contributed by atoms with Crippen LogP contribution in [0.1, 0.15) is 50.2 Å². The molecule has 1 N–H and O–H groups in total. The largest absolute Gasteiger partial charge is 0.313 e. The van der Waals surface area contributed by atoms with E-state index in [1.54, 1.807) is 0 Å². The van der Waals surface area contributed by atoms with Gasteiger partial charge in [0.25, 0.3) is 0 Å². The van der Waals surface area contributed by atoms with E-state index in [4.69, 9.17) is 0 Å². The smallest absolute Gasteiger partial charge is 0.0579 e. The molecule has 0 bridgehead atoms. The zero-order valence-corrected chi connectivity index (χ0v) is 13.8. The highest BCUT2D eigenvalue weighted by molar-refractivity contribution is 7.85. The molecule has 1 saturated carbocycles. The molecule has 0 saturated heterocycles. The Morgan fingerprint density at radius 2 is 1.95 bits per heavy atom. The summed E-state index contributed by atoms with van der Waals surface area (Å²) in [7, 11) is -0.895. The van der Waals surface area contributed by atoms with E-state index < -0.39 is 10.8 Å². The lowest BCUT2D eigenvalue weighted by Gasteiger charge is -2.26. The highest BCUT2D eigenvalue weighted by Gasteiger charge is 2.29.